The third kappa shape index (κ3) is 6.60. The summed E-state index contributed by atoms with van der Waals surface area (Å²) in [6.45, 7) is 2.79. The molecular weight excluding hydrogens is 394 g/mol. The van der Waals surface area contributed by atoms with Crippen molar-refractivity contribution in [2.45, 2.75) is 26.2 Å². The maximum atomic E-state index is 12.4. The lowest BCUT2D eigenvalue weighted by atomic mass is 10.2. The molecule has 160 valence electrons. The summed E-state index contributed by atoms with van der Waals surface area (Å²) in [6.07, 6.45) is 4.72. The molecule has 0 heterocycles. The highest BCUT2D eigenvalue weighted by Gasteiger charge is 2.10. The van der Waals surface area contributed by atoms with Gasteiger partial charge in [-0.2, -0.15) is 0 Å². The van der Waals surface area contributed by atoms with E-state index in [0.717, 1.165) is 19.3 Å². The summed E-state index contributed by atoms with van der Waals surface area (Å²) in [4.78, 5) is 16.6. The summed E-state index contributed by atoms with van der Waals surface area (Å²) in [7, 11) is 0. The van der Waals surface area contributed by atoms with E-state index in [4.69, 9.17) is 9.47 Å². The minimum absolute atomic E-state index is 0.0787. The van der Waals surface area contributed by atoms with E-state index in [2.05, 4.69) is 11.9 Å². The van der Waals surface area contributed by atoms with Crippen LogP contribution in [0.4, 0.5) is 5.69 Å². The Morgan fingerprint density at radius 3 is 2.45 bits per heavy atom. The third-order valence-electron chi connectivity index (χ3n) is 4.50. The smallest absolute Gasteiger partial charge is 0.343 e. The first-order valence-corrected chi connectivity index (χ1v) is 10.2. The molecule has 3 aromatic rings. The van der Waals surface area contributed by atoms with Crippen molar-refractivity contribution < 1.29 is 24.5 Å². The molecule has 0 aliphatic rings. The van der Waals surface area contributed by atoms with E-state index in [9.17, 15) is 15.0 Å². The van der Waals surface area contributed by atoms with Crippen LogP contribution >= 0.6 is 0 Å². The number of unbranched alkanes of at least 4 members (excludes halogenated alkanes) is 2. The number of aliphatic imine (C=N–C) groups is 1. The Morgan fingerprint density at radius 1 is 0.968 bits per heavy atom. The van der Waals surface area contributed by atoms with Crippen LogP contribution in [-0.4, -0.2) is 29.0 Å². The summed E-state index contributed by atoms with van der Waals surface area (Å²) in [5, 5.41) is 19.7. The van der Waals surface area contributed by atoms with Gasteiger partial charge in [0.15, 0.2) is 0 Å². The first-order valence-electron chi connectivity index (χ1n) is 10.2. The van der Waals surface area contributed by atoms with Gasteiger partial charge in [-0.05, 0) is 55.0 Å². The number of aromatic hydroxyl groups is 2. The average Bonchev–Trinajstić information content (AvgIpc) is 2.77. The van der Waals surface area contributed by atoms with E-state index in [1.807, 2.05) is 0 Å². The number of hydrogen-bond acceptors (Lipinski definition) is 6. The largest absolute Gasteiger partial charge is 0.508 e. The highest BCUT2D eigenvalue weighted by atomic mass is 16.5. The van der Waals surface area contributed by atoms with Crippen LogP contribution in [0.15, 0.2) is 71.7 Å². The monoisotopic (exact) mass is 419 g/mol. The second-order valence-corrected chi connectivity index (χ2v) is 6.97. The lowest BCUT2D eigenvalue weighted by Gasteiger charge is -2.08. The van der Waals surface area contributed by atoms with Crippen molar-refractivity contribution in [3.63, 3.8) is 0 Å². The van der Waals surface area contributed by atoms with Crippen molar-refractivity contribution in [1.82, 2.24) is 0 Å². The molecule has 0 atom stereocenters. The minimum Gasteiger partial charge on any atom is -0.508 e. The number of carbonyl (C=O) groups is 1. The molecule has 0 radical (unpaired) electrons. The van der Waals surface area contributed by atoms with Gasteiger partial charge in [-0.1, -0.05) is 25.8 Å². The number of nitrogens with zero attached hydrogens (tertiary/aromatic N) is 1. The summed E-state index contributed by atoms with van der Waals surface area (Å²) >= 11 is 0. The first kappa shape index (κ1) is 21.9. The molecule has 0 aliphatic heterocycles. The molecule has 31 heavy (non-hydrogen) atoms. The van der Waals surface area contributed by atoms with Gasteiger partial charge < -0.3 is 19.7 Å². The quantitative estimate of drug-likeness (QED) is 0.203. The maximum absolute atomic E-state index is 12.4. The van der Waals surface area contributed by atoms with E-state index in [1.165, 1.54) is 18.3 Å². The van der Waals surface area contributed by atoms with E-state index in [-0.39, 0.29) is 17.2 Å². The highest BCUT2D eigenvalue weighted by molar-refractivity contribution is 5.91. The normalized spacial score (nSPS) is 10.9. The molecule has 0 saturated heterocycles. The number of hydrogen-bond donors (Lipinski definition) is 2. The standard InChI is InChI=1S/C25H25NO5/c1-2-3-4-14-30-22-11-8-18(9-12-22)25(29)31-23-13-10-19(24(28)16-23)17-26-20-6-5-7-21(27)15-20/h5-13,15-17,27-28H,2-4,14H2,1H3. The number of benzene rings is 3. The molecule has 0 unspecified atom stereocenters. The lowest BCUT2D eigenvalue weighted by molar-refractivity contribution is 0.0734. The van der Waals surface area contributed by atoms with Gasteiger partial charge in [0, 0.05) is 23.9 Å². The topological polar surface area (TPSA) is 88.4 Å². The van der Waals surface area contributed by atoms with Crippen molar-refractivity contribution in [3.05, 3.63) is 77.9 Å². The van der Waals surface area contributed by atoms with Crippen LogP contribution in [0.5, 0.6) is 23.0 Å². The summed E-state index contributed by atoms with van der Waals surface area (Å²) < 4.78 is 11.0. The van der Waals surface area contributed by atoms with Crippen molar-refractivity contribution in [2.75, 3.05) is 6.61 Å². The van der Waals surface area contributed by atoms with Gasteiger partial charge in [-0.25, -0.2) is 4.79 Å². The fraction of sp³-hybridized carbons (Fsp3) is 0.200. The van der Waals surface area contributed by atoms with Gasteiger partial charge >= 0.3 is 5.97 Å². The van der Waals surface area contributed by atoms with Gasteiger partial charge in [-0.15, -0.1) is 0 Å². The van der Waals surface area contributed by atoms with Crippen molar-refractivity contribution in [3.8, 4) is 23.0 Å². The zero-order valence-electron chi connectivity index (χ0n) is 17.3. The minimum atomic E-state index is -0.530. The third-order valence-corrected chi connectivity index (χ3v) is 4.50. The molecule has 0 fully saturated rings. The summed E-state index contributed by atoms with van der Waals surface area (Å²) in [5.74, 6) is 0.429. The Labute approximate surface area is 181 Å². The van der Waals surface area contributed by atoms with Crippen LogP contribution in [0.2, 0.25) is 0 Å². The van der Waals surface area contributed by atoms with Gasteiger partial charge in [0.2, 0.25) is 0 Å². The number of rotatable bonds is 9. The molecule has 0 spiro atoms. The van der Waals surface area contributed by atoms with Gasteiger partial charge in [0.05, 0.1) is 17.9 Å². The number of phenols is 2. The fourth-order valence-corrected chi connectivity index (χ4v) is 2.81. The fourth-order valence-electron chi connectivity index (χ4n) is 2.81. The van der Waals surface area contributed by atoms with Crippen LogP contribution < -0.4 is 9.47 Å². The molecule has 6 nitrogen and oxygen atoms in total. The van der Waals surface area contributed by atoms with Crippen molar-refractivity contribution in [1.29, 1.82) is 0 Å². The Hall–Kier alpha value is -3.80. The zero-order valence-corrected chi connectivity index (χ0v) is 17.3. The molecule has 2 N–H and O–H groups in total. The zero-order chi connectivity index (χ0) is 22.1. The number of carbonyl (C=O) groups excluding carboxylic acids is 1. The van der Waals surface area contributed by atoms with E-state index < -0.39 is 5.97 Å². The summed E-state index contributed by atoms with van der Waals surface area (Å²) in [6, 6.07) is 17.7. The molecule has 3 rings (SSSR count). The molecule has 6 heteroatoms. The van der Waals surface area contributed by atoms with Gasteiger partial charge in [0.1, 0.15) is 23.0 Å². The van der Waals surface area contributed by atoms with Crippen molar-refractivity contribution in [2.24, 2.45) is 4.99 Å². The number of ether oxygens (including phenoxy) is 2. The predicted octanol–water partition coefficient (Wildman–Crippen LogP) is 5.64. The highest BCUT2D eigenvalue weighted by Crippen LogP contribution is 2.25. The Bertz CT molecular complexity index is 1040. The second kappa shape index (κ2) is 10.8. The maximum Gasteiger partial charge on any atom is 0.343 e. The number of esters is 1. The molecule has 0 bridgehead atoms. The van der Waals surface area contributed by atoms with Crippen LogP contribution in [0, 0.1) is 0 Å². The molecule has 3 aromatic carbocycles. The second-order valence-electron chi connectivity index (χ2n) is 6.97. The van der Waals surface area contributed by atoms with Gasteiger partial charge in [-0.3, -0.25) is 4.99 Å². The van der Waals surface area contributed by atoms with E-state index in [0.29, 0.717) is 29.2 Å². The average molecular weight is 419 g/mol. The predicted molar refractivity (Wildman–Crippen MR) is 120 cm³/mol. The molecule has 0 aromatic heterocycles. The van der Waals surface area contributed by atoms with E-state index >= 15 is 0 Å². The van der Waals surface area contributed by atoms with Crippen LogP contribution in [-0.2, 0) is 0 Å². The first-order chi connectivity index (χ1) is 15.0. The number of phenolic OH excluding ortho intramolecular Hbond substituents is 2. The van der Waals surface area contributed by atoms with Crippen LogP contribution in [0.1, 0.15) is 42.1 Å². The van der Waals surface area contributed by atoms with Gasteiger partial charge in [0.25, 0.3) is 0 Å². The van der Waals surface area contributed by atoms with Crippen LogP contribution in [0.3, 0.4) is 0 Å². The molecule has 0 amide bonds. The van der Waals surface area contributed by atoms with Crippen LogP contribution in [0.25, 0.3) is 0 Å². The molecule has 0 saturated carbocycles. The summed E-state index contributed by atoms with van der Waals surface area (Å²) in [5.41, 5.74) is 1.38. The lowest BCUT2D eigenvalue weighted by Crippen LogP contribution is -2.08. The van der Waals surface area contributed by atoms with Crippen molar-refractivity contribution >= 4 is 17.9 Å². The Balaban J connectivity index is 1.59. The van der Waals surface area contributed by atoms with E-state index in [1.54, 1.807) is 54.6 Å². The molecule has 0 aliphatic carbocycles. The Morgan fingerprint density at radius 2 is 1.74 bits per heavy atom. The molecular formula is C25H25NO5. The Kier molecular flexibility index (Phi) is 7.65. The SMILES string of the molecule is CCCCCOc1ccc(C(=O)Oc2ccc(C=Nc3cccc(O)c3)c(O)c2)cc1.